The standard InChI is InChI=1S/C21H40N4/c1-6-19(16(3)25(5)20-10-8-7-9-15(20)2)21(24-17(4)22)18-11-13-23-14-12-18/h13,15-16,18-21H,6-12,14H2,1-5H3,(H2,22,24). The lowest BCUT2D eigenvalue weighted by molar-refractivity contribution is 0.0594. The van der Waals surface area contributed by atoms with Crippen LogP contribution in [0.25, 0.3) is 0 Å². The summed E-state index contributed by atoms with van der Waals surface area (Å²) in [7, 11) is 2.35. The quantitative estimate of drug-likeness (QED) is 0.555. The van der Waals surface area contributed by atoms with E-state index in [0.29, 0.717) is 30.0 Å². The summed E-state index contributed by atoms with van der Waals surface area (Å²) in [6.07, 6.45) is 11.0. The Labute approximate surface area is 155 Å². The van der Waals surface area contributed by atoms with E-state index in [9.17, 15) is 0 Å². The van der Waals surface area contributed by atoms with Crippen LogP contribution in [0, 0.1) is 17.8 Å². The Balaban J connectivity index is 2.17. The highest BCUT2D eigenvalue weighted by atomic mass is 15.2. The zero-order chi connectivity index (χ0) is 18.4. The van der Waals surface area contributed by atoms with Crippen LogP contribution in [0.1, 0.15) is 72.6 Å². The van der Waals surface area contributed by atoms with Crippen LogP contribution in [0.5, 0.6) is 0 Å². The Hall–Kier alpha value is -0.900. The fraction of sp³-hybridized carbons (Fsp3) is 0.905. The molecule has 0 aromatic rings. The third-order valence-corrected chi connectivity index (χ3v) is 6.76. The molecule has 0 saturated heterocycles. The second-order valence-electron chi connectivity index (χ2n) is 8.44. The molecule has 2 aliphatic rings. The Morgan fingerprint density at radius 2 is 2.04 bits per heavy atom. The smallest absolute Gasteiger partial charge is 0.0909 e. The van der Waals surface area contributed by atoms with Crippen molar-refractivity contribution in [1.29, 1.82) is 0 Å². The van der Waals surface area contributed by atoms with Crippen molar-refractivity contribution in [3.05, 3.63) is 0 Å². The fourth-order valence-electron chi connectivity index (χ4n) is 5.13. The number of aliphatic imine (C=N–C) groups is 2. The van der Waals surface area contributed by atoms with Crippen LogP contribution >= 0.6 is 0 Å². The maximum absolute atomic E-state index is 6.04. The second-order valence-corrected chi connectivity index (χ2v) is 8.44. The predicted octanol–water partition coefficient (Wildman–Crippen LogP) is 4.14. The molecule has 0 aromatic carbocycles. The number of nitrogens with two attached hydrogens (primary N) is 1. The Morgan fingerprint density at radius 3 is 2.60 bits per heavy atom. The molecule has 0 radical (unpaired) electrons. The summed E-state index contributed by atoms with van der Waals surface area (Å²) in [6.45, 7) is 10.1. The minimum absolute atomic E-state index is 0.318. The molecule has 1 aliphatic carbocycles. The first-order valence-corrected chi connectivity index (χ1v) is 10.5. The molecule has 4 heteroatoms. The van der Waals surface area contributed by atoms with Crippen LogP contribution < -0.4 is 5.73 Å². The number of hydrogen-bond acceptors (Lipinski definition) is 3. The van der Waals surface area contributed by atoms with Gasteiger partial charge in [-0.2, -0.15) is 0 Å². The number of amidine groups is 1. The van der Waals surface area contributed by atoms with Gasteiger partial charge in [0, 0.05) is 18.6 Å². The van der Waals surface area contributed by atoms with Gasteiger partial charge in [0.2, 0.25) is 0 Å². The zero-order valence-electron chi connectivity index (χ0n) is 17.1. The van der Waals surface area contributed by atoms with Gasteiger partial charge < -0.3 is 10.6 Å². The molecule has 25 heavy (non-hydrogen) atoms. The molecule has 0 bridgehead atoms. The SMILES string of the molecule is CCC(C(/N=C(\C)N)C1CC=NCC1)C(C)N(C)C1CCCCC1C. The van der Waals surface area contributed by atoms with E-state index in [1.165, 1.54) is 25.7 Å². The summed E-state index contributed by atoms with van der Waals surface area (Å²) in [5.74, 6) is 2.67. The van der Waals surface area contributed by atoms with Gasteiger partial charge >= 0.3 is 0 Å². The highest BCUT2D eigenvalue weighted by Gasteiger charge is 2.36. The molecule has 0 spiro atoms. The minimum Gasteiger partial charge on any atom is -0.388 e. The molecular formula is C21H40N4. The molecule has 0 aromatic heterocycles. The largest absolute Gasteiger partial charge is 0.388 e. The molecule has 2 N–H and O–H groups in total. The van der Waals surface area contributed by atoms with Crippen LogP contribution in [0.4, 0.5) is 0 Å². The number of hydrogen-bond donors (Lipinski definition) is 1. The molecule has 0 amide bonds. The summed E-state index contributed by atoms with van der Waals surface area (Å²) in [5, 5.41) is 0. The number of rotatable bonds is 7. The van der Waals surface area contributed by atoms with Crippen molar-refractivity contribution in [2.24, 2.45) is 33.5 Å². The molecule has 1 fully saturated rings. The first-order chi connectivity index (χ1) is 12.0. The van der Waals surface area contributed by atoms with E-state index in [4.69, 9.17) is 10.7 Å². The van der Waals surface area contributed by atoms with Crippen LogP contribution in [0.2, 0.25) is 0 Å². The third kappa shape index (κ3) is 5.29. The molecule has 6 unspecified atom stereocenters. The lowest BCUT2D eigenvalue weighted by atomic mass is 9.77. The van der Waals surface area contributed by atoms with Crippen LogP contribution in [-0.4, -0.2) is 48.7 Å². The minimum atomic E-state index is 0.318. The number of nitrogens with zero attached hydrogens (tertiary/aromatic N) is 3. The molecular weight excluding hydrogens is 308 g/mol. The van der Waals surface area contributed by atoms with Crippen molar-refractivity contribution >= 4 is 12.1 Å². The lowest BCUT2D eigenvalue weighted by Gasteiger charge is -2.44. The van der Waals surface area contributed by atoms with Gasteiger partial charge in [0.1, 0.15) is 0 Å². The molecule has 4 nitrogen and oxygen atoms in total. The van der Waals surface area contributed by atoms with Gasteiger partial charge in [0.25, 0.3) is 0 Å². The molecule has 144 valence electrons. The Bertz CT molecular complexity index is 455. The first kappa shape index (κ1) is 20.4. The summed E-state index contributed by atoms with van der Waals surface area (Å²) >= 11 is 0. The summed E-state index contributed by atoms with van der Waals surface area (Å²) in [6, 6.07) is 1.56. The summed E-state index contributed by atoms with van der Waals surface area (Å²) in [4.78, 5) is 12.0. The monoisotopic (exact) mass is 348 g/mol. The molecule has 1 aliphatic heterocycles. The first-order valence-electron chi connectivity index (χ1n) is 10.5. The Kier molecular flexibility index (Phi) is 7.92. The molecule has 1 heterocycles. The highest BCUT2D eigenvalue weighted by molar-refractivity contribution is 5.77. The van der Waals surface area contributed by atoms with Gasteiger partial charge in [-0.1, -0.05) is 26.7 Å². The van der Waals surface area contributed by atoms with Crippen molar-refractivity contribution in [3.63, 3.8) is 0 Å². The van der Waals surface area contributed by atoms with Gasteiger partial charge in [-0.25, -0.2) is 0 Å². The van der Waals surface area contributed by atoms with Crippen LogP contribution in [0.3, 0.4) is 0 Å². The molecule has 2 rings (SSSR count). The molecule has 1 saturated carbocycles. The summed E-state index contributed by atoms with van der Waals surface area (Å²) in [5.41, 5.74) is 6.04. The highest BCUT2D eigenvalue weighted by Crippen LogP contribution is 2.34. The van der Waals surface area contributed by atoms with E-state index in [2.05, 4.69) is 43.9 Å². The van der Waals surface area contributed by atoms with E-state index in [1.807, 2.05) is 6.92 Å². The van der Waals surface area contributed by atoms with Crippen molar-refractivity contribution in [2.75, 3.05) is 13.6 Å². The van der Waals surface area contributed by atoms with Crippen molar-refractivity contribution in [3.8, 4) is 0 Å². The van der Waals surface area contributed by atoms with Crippen molar-refractivity contribution in [2.45, 2.75) is 90.8 Å². The van der Waals surface area contributed by atoms with E-state index >= 15 is 0 Å². The van der Waals surface area contributed by atoms with E-state index in [0.717, 1.165) is 37.6 Å². The maximum atomic E-state index is 6.04. The second kappa shape index (κ2) is 9.70. The van der Waals surface area contributed by atoms with E-state index in [-0.39, 0.29) is 0 Å². The Morgan fingerprint density at radius 1 is 1.32 bits per heavy atom. The topological polar surface area (TPSA) is 54.0 Å². The van der Waals surface area contributed by atoms with E-state index < -0.39 is 0 Å². The van der Waals surface area contributed by atoms with Crippen molar-refractivity contribution < 1.29 is 0 Å². The van der Waals surface area contributed by atoms with Crippen LogP contribution in [0.15, 0.2) is 9.98 Å². The van der Waals surface area contributed by atoms with E-state index in [1.54, 1.807) is 0 Å². The van der Waals surface area contributed by atoms with Gasteiger partial charge in [0.05, 0.1) is 11.9 Å². The van der Waals surface area contributed by atoms with Gasteiger partial charge in [-0.15, -0.1) is 0 Å². The van der Waals surface area contributed by atoms with Gasteiger partial charge in [-0.3, -0.25) is 9.98 Å². The lowest BCUT2D eigenvalue weighted by Crippen LogP contribution is -2.50. The maximum Gasteiger partial charge on any atom is 0.0909 e. The zero-order valence-corrected chi connectivity index (χ0v) is 17.1. The van der Waals surface area contributed by atoms with Gasteiger partial charge in [0.15, 0.2) is 0 Å². The predicted molar refractivity (Wildman–Crippen MR) is 110 cm³/mol. The normalized spacial score (nSPS) is 31.8. The van der Waals surface area contributed by atoms with Gasteiger partial charge in [-0.05, 0) is 77.0 Å². The average molecular weight is 349 g/mol. The van der Waals surface area contributed by atoms with Crippen LogP contribution in [-0.2, 0) is 0 Å². The van der Waals surface area contributed by atoms with Crippen molar-refractivity contribution in [1.82, 2.24) is 4.90 Å². The fourth-order valence-corrected chi connectivity index (χ4v) is 5.13. The summed E-state index contributed by atoms with van der Waals surface area (Å²) < 4.78 is 0. The average Bonchev–Trinajstić information content (AvgIpc) is 2.61. The third-order valence-electron chi connectivity index (χ3n) is 6.76. The molecule has 6 atom stereocenters.